The van der Waals surface area contributed by atoms with Gasteiger partial charge in [0.1, 0.15) is 11.7 Å². The van der Waals surface area contributed by atoms with Crippen LogP contribution in [0.2, 0.25) is 5.28 Å². The van der Waals surface area contributed by atoms with Gasteiger partial charge in [0.05, 0.1) is 6.20 Å². The Hall–Kier alpha value is -1.36. The van der Waals surface area contributed by atoms with Gasteiger partial charge < -0.3 is 10.2 Å². The normalized spacial score (nSPS) is 22.7. The summed E-state index contributed by atoms with van der Waals surface area (Å²) >= 11 is 5.86. The van der Waals surface area contributed by atoms with Crippen LogP contribution >= 0.6 is 11.6 Å². The number of rotatable bonds is 3. The van der Waals surface area contributed by atoms with E-state index < -0.39 is 0 Å². The van der Waals surface area contributed by atoms with Gasteiger partial charge in [-0.05, 0) is 36.8 Å². The summed E-state index contributed by atoms with van der Waals surface area (Å²) in [5.41, 5.74) is 0.662. The van der Waals surface area contributed by atoms with Crippen molar-refractivity contribution in [1.29, 1.82) is 0 Å². The van der Waals surface area contributed by atoms with Crippen LogP contribution < -0.4 is 10.2 Å². The first kappa shape index (κ1) is 11.7. The third-order valence-electron chi connectivity index (χ3n) is 3.49. The average molecular weight is 267 g/mol. The lowest BCUT2D eigenvalue weighted by Crippen LogP contribution is -2.49. The molecule has 96 valence electrons. The van der Waals surface area contributed by atoms with Gasteiger partial charge in [0, 0.05) is 6.54 Å². The van der Waals surface area contributed by atoms with Crippen LogP contribution in [0.5, 0.6) is 0 Å². The Kier molecular flexibility index (Phi) is 2.86. The first-order valence-electron chi connectivity index (χ1n) is 6.29. The fourth-order valence-electron chi connectivity index (χ4n) is 2.36. The molecule has 5 nitrogen and oxygen atoms in total. The molecule has 2 aliphatic rings. The Morgan fingerprint density at radius 2 is 2.33 bits per heavy atom. The lowest BCUT2D eigenvalue weighted by Gasteiger charge is -2.36. The van der Waals surface area contributed by atoms with Crippen LogP contribution in [0.1, 0.15) is 26.2 Å². The third kappa shape index (κ3) is 2.03. The maximum absolute atomic E-state index is 12.0. The smallest absolute Gasteiger partial charge is 0.247 e. The van der Waals surface area contributed by atoms with E-state index in [4.69, 9.17) is 11.6 Å². The van der Waals surface area contributed by atoms with Crippen LogP contribution in [0.3, 0.4) is 0 Å². The molecular weight excluding hydrogens is 252 g/mol. The summed E-state index contributed by atoms with van der Waals surface area (Å²) in [6, 6.07) is -0.149. The second-order valence-corrected chi connectivity index (χ2v) is 5.22. The predicted molar refractivity (Wildman–Crippen MR) is 69.8 cm³/mol. The number of nitrogens with one attached hydrogen (secondary N) is 1. The monoisotopic (exact) mass is 266 g/mol. The van der Waals surface area contributed by atoms with E-state index in [1.165, 1.54) is 12.8 Å². The first-order chi connectivity index (χ1) is 8.69. The summed E-state index contributed by atoms with van der Waals surface area (Å²) in [7, 11) is 0. The number of halogens is 1. The Labute approximate surface area is 111 Å². The minimum Gasteiger partial charge on any atom is -0.342 e. The van der Waals surface area contributed by atoms with E-state index in [0.717, 1.165) is 18.8 Å². The second kappa shape index (κ2) is 4.39. The van der Waals surface area contributed by atoms with Crippen LogP contribution in [-0.4, -0.2) is 28.5 Å². The standard InChI is InChI=1S/C12H15ClN4O/c1-2-9-11(18)15-8-5-14-12(13)16-10(8)17(9)6-7-3-4-7/h5,7,9H,2-4,6H2,1H3,(H,15,18). The van der Waals surface area contributed by atoms with E-state index in [1.54, 1.807) is 6.20 Å². The molecule has 3 rings (SSSR count). The summed E-state index contributed by atoms with van der Waals surface area (Å²) in [5.74, 6) is 1.47. The predicted octanol–water partition coefficient (Wildman–Crippen LogP) is 2.08. The van der Waals surface area contributed by atoms with Crippen molar-refractivity contribution in [1.82, 2.24) is 9.97 Å². The van der Waals surface area contributed by atoms with Gasteiger partial charge >= 0.3 is 0 Å². The van der Waals surface area contributed by atoms with E-state index in [-0.39, 0.29) is 17.2 Å². The average Bonchev–Trinajstić information content (AvgIpc) is 3.14. The van der Waals surface area contributed by atoms with Gasteiger partial charge in [-0.15, -0.1) is 0 Å². The number of nitrogens with zero attached hydrogens (tertiary/aromatic N) is 3. The van der Waals surface area contributed by atoms with Crippen LogP contribution in [0, 0.1) is 5.92 Å². The van der Waals surface area contributed by atoms with Gasteiger partial charge in [0.25, 0.3) is 0 Å². The third-order valence-corrected chi connectivity index (χ3v) is 3.67. The van der Waals surface area contributed by atoms with Crippen LogP contribution in [0.15, 0.2) is 6.20 Å². The minimum atomic E-state index is -0.149. The second-order valence-electron chi connectivity index (χ2n) is 4.89. The first-order valence-corrected chi connectivity index (χ1v) is 6.67. The van der Waals surface area contributed by atoms with E-state index in [0.29, 0.717) is 11.6 Å². The molecule has 2 heterocycles. The molecule has 0 radical (unpaired) electrons. The summed E-state index contributed by atoms with van der Waals surface area (Å²) < 4.78 is 0. The number of hydrogen-bond acceptors (Lipinski definition) is 4. The number of carbonyl (C=O) groups excluding carboxylic acids is 1. The van der Waals surface area contributed by atoms with Crippen LogP contribution in [-0.2, 0) is 4.79 Å². The zero-order chi connectivity index (χ0) is 12.7. The molecule has 0 aromatic carbocycles. The number of amides is 1. The Morgan fingerprint density at radius 1 is 1.56 bits per heavy atom. The van der Waals surface area contributed by atoms with Crippen molar-refractivity contribution < 1.29 is 4.79 Å². The molecule has 0 saturated heterocycles. The molecule has 1 N–H and O–H groups in total. The van der Waals surface area contributed by atoms with Crippen molar-refractivity contribution >= 4 is 29.0 Å². The highest BCUT2D eigenvalue weighted by atomic mass is 35.5. The Bertz CT molecular complexity index is 489. The topological polar surface area (TPSA) is 58.1 Å². The molecule has 1 saturated carbocycles. The molecule has 6 heteroatoms. The maximum atomic E-state index is 12.0. The Morgan fingerprint density at radius 3 is 3.00 bits per heavy atom. The Balaban J connectivity index is 1.99. The highest BCUT2D eigenvalue weighted by Crippen LogP contribution is 2.37. The number of hydrogen-bond donors (Lipinski definition) is 1. The molecule has 1 unspecified atom stereocenters. The fraction of sp³-hybridized carbons (Fsp3) is 0.583. The molecule has 1 aromatic heterocycles. The lowest BCUT2D eigenvalue weighted by molar-refractivity contribution is -0.117. The molecule has 1 aliphatic heterocycles. The van der Waals surface area contributed by atoms with Gasteiger partial charge in [-0.1, -0.05) is 6.92 Å². The molecular formula is C12H15ClN4O. The molecule has 1 aromatic rings. The number of fused-ring (bicyclic) bond motifs is 1. The summed E-state index contributed by atoms with van der Waals surface area (Å²) in [6.07, 6.45) is 4.82. The lowest BCUT2D eigenvalue weighted by atomic mass is 10.1. The minimum absolute atomic E-state index is 0.0246. The van der Waals surface area contributed by atoms with Gasteiger partial charge in [0.2, 0.25) is 11.2 Å². The van der Waals surface area contributed by atoms with Gasteiger partial charge in [-0.25, -0.2) is 4.98 Å². The van der Waals surface area contributed by atoms with Crippen molar-refractivity contribution in [2.75, 3.05) is 16.8 Å². The summed E-state index contributed by atoms with van der Waals surface area (Å²) in [6.45, 7) is 2.89. The fourth-order valence-corrected chi connectivity index (χ4v) is 2.49. The molecule has 18 heavy (non-hydrogen) atoms. The summed E-state index contributed by atoms with van der Waals surface area (Å²) in [4.78, 5) is 22.3. The van der Waals surface area contributed by atoms with E-state index in [2.05, 4.69) is 20.2 Å². The van der Waals surface area contributed by atoms with Gasteiger partial charge in [0.15, 0.2) is 5.82 Å². The number of anilines is 2. The highest BCUT2D eigenvalue weighted by Gasteiger charge is 2.36. The molecule has 1 fully saturated rings. The molecule has 1 aliphatic carbocycles. The van der Waals surface area contributed by atoms with Crippen molar-refractivity contribution in [3.05, 3.63) is 11.5 Å². The zero-order valence-electron chi connectivity index (χ0n) is 10.2. The molecule has 0 spiro atoms. The maximum Gasteiger partial charge on any atom is 0.247 e. The zero-order valence-corrected chi connectivity index (χ0v) is 10.9. The number of carbonyl (C=O) groups is 1. The molecule has 1 atom stereocenters. The quantitative estimate of drug-likeness (QED) is 0.851. The van der Waals surface area contributed by atoms with Gasteiger partial charge in [-0.2, -0.15) is 4.98 Å². The van der Waals surface area contributed by atoms with E-state index in [9.17, 15) is 4.79 Å². The largest absolute Gasteiger partial charge is 0.342 e. The van der Waals surface area contributed by atoms with Crippen LogP contribution in [0.25, 0.3) is 0 Å². The van der Waals surface area contributed by atoms with Gasteiger partial charge in [-0.3, -0.25) is 4.79 Å². The van der Waals surface area contributed by atoms with Crippen LogP contribution in [0.4, 0.5) is 11.5 Å². The SMILES string of the molecule is CCC1C(=O)Nc2cnc(Cl)nc2N1CC1CC1. The van der Waals surface area contributed by atoms with Crippen molar-refractivity contribution in [3.63, 3.8) is 0 Å². The van der Waals surface area contributed by atoms with Crippen molar-refractivity contribution in [2.45, 2.75) is 32.2 Å². The van der Waals surface area contributed by atoms with Crippen molar-refractivity contribution in [2.24, 2.45) is 5.92 Å². The van der Waals surface area contributed by atoms with Crippen molar-refractivity contribution in [3.8, 4) is 0 Å². The highest BCUT2D eigenvalue weighted by molar-refractivity contribution is 6.28. The summed E-state index contributed by atoms with van der Waals surface area (Å²) in [5, 5.41) is 3.07. The number of aromatic nitrogens is 2. The molecule has 0 bridgehead atoms. The van der Waals surface area contributed by atoms with E-state index in [1.807, 2.05) is 6.92 Å². The van der Waals surface area contributed by atoms with E-state index >= 15 is 0 Å². The molecule has 1 amide bonds.